The molecule has 4 rings (SSSR count). The van der Waals surface area contributed by atoms with Crippen molar-refractivity contribution >= 4 is 29.1 Å². The molecule has 2 aliphatic rings. The lowest BCUT2D eigenvalue weighted by atomic mass is 10.1. The fraction of sp³-hybridized carbons (Fsp3) is 0.400. The maximum absolute atomic E-state index is 13.0. The highest BCUT2D eigenvalue weighted by atomic mass is 16.5. The lowest BCUT2D eigenvalue weighted by Gasteiger charge is -2.20. The highest BCUT2D eigenvalue weighted by Gasteiger charge is 2.36. The zero-order valence-electron chi connectivity index (χ0n) is 18.5. The van der Waals surface area contributed by atoms with Crippen molar-refractivity contribution in [2.45, 2.75) is 39.2 Å². The summed E-state index contributed by atoms with van der Waals surface area (Å²) in [7, 11) is 0. The molecule has 3 amide bonds. The maximum atomic E-state index is 13.0. The van der Waals surface area contributed by atoms with Crippen LogP contribution < -0.4 is 15.5 Å². The van der Waals surface area contributed by atoms with E-state index >= 15 is 0 Å². The Kier molecular flexibility index (Phi) is 6.55. The van der Waals surface area contributed by atoms with E-state index in [0.29, 0.717) is 24.3 Å². The van der Waals surface area contributed by atoms with Crippen LogP contribution in [-0.4, -0.2) is 43.5 Å². The zero-order valence-corrected chi connectivity index (χ0v) is 18.5. The number of ether oxygens (including phenoxy) is 1. The molecular formula is C25H29N3O4. The molecule has 0 spiro atoms. The van der Waals surface area contributed by atoms with Gasteiger partial charge in [-0.1, -0.05) is 24.3 Å². The van der Waals surface area contributed by atoms with Crippen LogP contribution in [0.1, 0.15) is 40.7 Å². The van der Waals surface area contributed by atoms with Crippen LogP contribution in [0.4, 0.5) is 11.4 Å². The number of hydrogen-bond donors (Lipinski definition) is 2. The molecule has 0 bridgehead atoms. The van der Waals surface area contributed by atoms with Gasteiger partial charge < -0.3 is 20.3 Å². The molecule has 2 aliphatic heterocycles. The Morgan fingerprint density at radius 2 is 1.94 bits per heavy atom. The number of nitrogens with zero attached hydrogens (tertiary/aromatic N) is 1. The number of anilines is 2. The number of benzene rings is 2. The predicted octanol–water partition coefficient (Wildman–Crippen LogP) is 3.20. The summed E-state index contributed by atoms with van der Waals surface area (Å²) >= 11 is 0. The van der Waals surface area contributed by atoms with E-state index in [1.165, 1.54) is 0 Å². The van der Waals surface area contributed by atoms with Gasteiger partial charge in [0.25, 0.3) is 5.91 Å². The molecule has 0 radical (unpaired) electrons. The van der Waals surface area contributed by atoms with Crippen LogP contribution in [0.3, 0.4) is 0 Å². The van der Waals surface area contributed by atoms with Crippen molar-refractivity contribution < 1.29 is 19.1 Å². The summed E-state index contributed by atoms with van der Waals surface area (Å²) in [6.07, 6.45) is 2.13. The number of amides is 3. The molecule has 2 N–H and O–H groups in total. The Bertz CT molecular complexity index is 1030. The van der Waals surface area contributed by atoms with E-state index in [-0.39, 0.29) is 30.2 Å². The van der Waals surface area contributed by atoms with E-state index in [4.69, 9.17) is 4.74 Å². The van der Waals surface area contributed by atoms with E-state index < -0.39 is 5.92 Å². The van der Waals surface area contributed by atoms with Gasteiger partial charge in [-0.2, -0.15) is 0 Å². The molecule has 2 aromatic rings. The third kappa shape index (κ3) is 4.67. The molecule has 0 aromatic heterocycles. The number of carbonyl (C=O) groups excluding carboxylic acids is 3. The number of aryl methyl sites for hydroxylation is 1. The number of rotatable bonds is 6. The summed E-state index contributed by atoms with van der Waals surface area (Å²) in [6.45, 7) is 5.49. The van der Waals surface area contributed by atoms with Crippen molar-refractivity contribution in [3.63, 3.8) is 0 Å². The molecule has 7 nitrogen and oxygen atoms in total. The fourth-order valence-electron chi connectivity index (χ4n) is 4.28. The lowest BCUT2D eigenvalue weighted by Crippen LogP contribution is -2.33. The number of para-hydroxylation sites is 1. The van der Waals surface area contributed by atoms with Crippen molar-refractivity contribution in [1.82, 2.24) is 5.32 Å². The van der Waals surface area contributed by atoms with Gasteiger partial charge >= 0.3 is 0 Å². The summed E-state index contributed by atoms with van der Waals surface area (Å²) < 4.78 is 5.55. The number of nitrogens with one attached hydrogen (secondary N) is 2. The Labute approximate surface area is 188 Å². The average Bonchev–Trinajstić information content (AvgIpc) is 3.44. The van der Waals surface area contributed by atoms with Crippen molar-refractivity contribution in [3.05, 3.63) is 59.2 Å². The first-order chi connectivity index (χ1) is 15.4. The van der Waals surface area contributed by atoms with Gasteiger partial charge in [-0.3, -0.25) is 14.4 Å². The molecule has 2 atom stereocenters. The minimum Gasteiger partial charge on any atom is -0.376 e. The summed E-state index contributed by atoms with van der Waals surface area (Å²) in [5.41, 5.74) is 3.83. The molecule has 2 saturated heterocycles. The molecule has 32 heavy (non-hydrogen) atoms. The van der Waals surface area contributed by atoms with Crippen molar-refractivity contribution in [1.29, 1.82) is 0 Å². The first kappa shape index (κ1) is 22.0. The van der Waals surface area contributed by atoms with Crippen molar-refractivity contribution in [3.8, 4) is 0 Å². The molecule has 7 heteroatoms. The average molecular weight is 436 g/mol. The van der Waals surface area contributed by atoms with Gasteiger partial charge in [0, 0.05) is 31.8 Å². The minimum absolute atomic E-state index is 0.0428. The van der Waals surface area contributed by atoms with Crippen LogP contribution in [0.2, 0.25) is 0 Å². The molecular weight excluding hydrogens is 406 g/mol. The second-order valence-corrected chi connectivity index (χ2v) is 8.50. The van der Waals surface area contributed by atoms with Gasteiger partial charge in [-0.05, 0) is 56.0 Å². The standard InChI is InChI=1S/C25H29N3O4/c1-16-7-5-11-22(17(16)2)28-15-18(13-23(28)29)24(30)27-21-10-4-3-9-20(21)25(31)26-14-19-8-6-12-32-19/h3-5,7,9-11,18-19H,6,8,12-15H2,1-2H3,(H,26,31)(H,27,30)/t18-,19-/m1/s1. The SMILES string of the molecule is Cc1cccc(N2C[C@H](C(=O)Nc3ccccc3C(=O)NC[C@H]3CCCO3)CC2=O)c1C. The van der Waals surface area contributed by atoms with Crippen LogP contribution in [0.25, 0.3) is 0 Å². The first-order valence-electron chi connectivity index (χ1n) is 11.1. The highest BCUT2D eigenvalue weighted by Crippen LogP contribution is 2.30. The molecule has 2 heterocycles. The fourth-order valence-corrected chi connectivity index (χ4v) is 4.28. The number of hydrogen-bond acceptors (Lipinski definition) is 4. The lowest BCUT2D eigenvalue weighted by molar-refractivity contribution is -0.122. The van der Waals surface area contributed by atoms with Crippen LogP contribution in [0, 0.1) is 19.8 Å². The molecule has 2 aromatic carbocycles. The van der Waals surface area contributed by atoms with E-state index in [1.54, 1.807) is 29.2 Å². The Morgan fingerprint density at radius 3 is 2.72 bits per heavy atom. The zero-order chi connectivity index (χ0) is 22.7. The van der Waals surface area contributed by atoms with Gasteiger partial charge in [-0.25, -0.2) is 0 Å². The molecule has 0 saturated carbocycles. The molecule has 2 fully saturated rings. The van der Waals surface area contributed by atoms with Crippen LogP contribution in [-0.2, 0) is 14.3 Å². The number of carbonyl (C=O) groups is 3. The summed E-state index contributed by atoms with van der Waals surface area (Å²) in [6, 6.07) is 12.8. The summed E-state index contributed by atoms with van der Waals surface area (Å²) in [5, 5.41) is 5.76. The van der Waals surface area contributed by atoms with E-state index in [2.05, 4.69) is 10.6 Å². The predicted molar refractivity (Wildman–Crippen MR) is 123 cm³/mol. The quantitative estimate of drug-likeness (QED) is 0.729. The van der Waals surface area contributed by atoms with Gasteiger partial charge in [0.15, 0.2) is 0 Å². The molecule has 168 valence electrons. The van der Waals surface area contributed by atoms with E-state index in [9.17, 15) is 14.4 Å². The first-order valence-corrected chi connectivity index (χ1v) is 11.1. The Hall–Kier alpha value is -3.19. The van der Waals surface area contributed by atoms with Crippen LogP contribution in [0.15, 0.2) is 42.5 Å². The van der Waals surface area contributed by atoms with Crippen molar-refractivity contribution in [2.24, 2.45) is 5.92 Å². The highest BCUT2D eigenvalue weighted by molar-refractivity contribution is 6.07. The smallest absolute Gasteiger partial charge is 0.253 e. The van der Waals surface area contributed by atoms with Gasteiger partial charge in [0.1, 0.15) is 0 Å². The molecule has 0 aliphatic carbocycles. The van der Waals surface area contributed by atoms with Gasteiger partial charge in [0.05, 0.1) is 23.3 Å². The monoisotopic (exact) mass is 435 g/mol. The molecule has 0 unspecified atom stereocenters. The minimum atomic E-state index is -0.481. The van der Waals surface area contributed by atoms with Crippen LogP contribution >= 0.6 is 0 Å². The third-order valence-electron chi connectivity index (χ3n) is 6.31. The van der Waals surface area contributed by atoms with Crippen LogP contribution in [0.5, 0.6) is 0 Å². The van der Waals surface area contributed by atoms with Gasteiger partial charge in [-0.15, -0.1) is 0 Å². The summed E-state index contributed by atoms with van der Waals surface area (Å²) in [5.74, 6) is -1.06. The second-order valence-electron chi connectivity index (χ2n) is 8.50. The van der Waals surface area contributed by atoms with E-state index in [1.807, 2.05) is 32.0 Å². The normalized spacial score (nSPS) is 20.4. The van der Waals surface area contributed by atoms with Gasteiger partial charge in [0.2, 0.25) is 11.8 Å². The Balaban J connectivity index is 1.42. The maximum Gasteiger partial charge on any atom is 0.253 e. The van der Waals surface area contributed by atoms with E-state index in [0.717, 1.165) is 36.3 Å². The van der Waals surface area contributed by atoms with Crippen molar-refractivity contribution in [2.75, 3.05) is 29.9 Å². The summed E-state index contributed by atoms with van der Waals surface area (Å²) in [4.78, 5) is 40.0. The topological polar surface area (TPSA) is 87.7 Å². The second kappa shape index (κ2) is 9.53. The Morgan fingerprint density at radius 1 is 1.12 bits per heavy atom. The third-order valence-corrected chi connectivity index (χ3v) is 6.31. The largest absolute Gasteiger partial charge is 0.376 e.